The average molecular weight is 442 g/mol. The van der Waals surface area contributed by atoms with Crippen LogP contribution >= 0.6 is 0 Å². The molecule has 31 heavy (non-hydrogen) atoms. The molecule has 0 radical (unpaired) electrons. The zero-order chi connectivity index (χ0) is 22.2. The number of hydrogen-bond acceptors (Lipinski definition) is 6. The van der Waals surface area contributed by atoms with Crippen LogP contribution in [0.15, 0.2) is 34.9 Å². The lowest BCUT2D eigenvalue weighted by atomic mass is 9.83. The van der Waals surface area contributed by atoms with E-state index < -0.39 is 47.8 Å². The van der Waals surface area contributed by atoms with E-state index in [1.54, 1.807) is 24.3 Å². The maximum Gasteiger partial charge on any atom is 0.436 e. The van der Waals surface area contributed by atoms with Gasteiger partial charge in [0.2, 0.25) is 17.7 Å². The highest BCUT2D eigenvalue weighted by Crippen LogP contribution is 2.46. The lowest BCUT2D eigenvalue weighted by Gasteiger charge is -2.23. The summed E-state index contributed by atoms with van der Waals surface area (Å²) in [4.78, 5) is 12.9. The molecule has 2 N–H and O–H groups in total. The van der Waals surface area contributed by atoms with E-state index in [9.17, 15) is 26.7 Å². The quantitative estimate of drug-likeness (QED) is 0.578. The Hall–Kier alpha value is -3.38. The number of aromatic nitrogens is 5. The van der Waals surface area contributed by atoms with Crippen molar-refractivity contribution >= 4 is 11.8 Å². The number of benzene rings is 1. The fourth-order valence-corrected chi connectivity index (χ4v) is 3.70. The molecule has 4 rings (SSSR count). The number of carbonyl (C=O) groups excluding carboxylic acids is 1. The Balaban J connectivity index is 1.60. The van der Waals surface area contributed by atoms with Crippen molar-refractivity contribution < 1.29 is 31.3 Å². The van der Waals surface area contributed by atoms with Crippen LogP contribution in [0.4, 0.5) is 27.8 Å². The molecule has 8 nitrogen and oxygen atoms in total. The molecule has 2 heterocycles. The van der Waals surface area contributed by atoms with Gasteiger partial charge < -0.3 is 4.52 Å². The van der Waals surface area contributed by atoms with E-state index in [2.05, 4.69) is 35.6 Å². The van der Waals surface area contributed by atoms with Gasteiger partial charge in [-0.25, -0.2) is 13.9 Å². The highest BCUT2D eigenvalue weighted by molar-refractivity contribution is 5.95. The monoisotopic (exact) mass is 442 g/mol. The lowest BCUT2D eigenvalue weighted by Crippen LogP contribution is -2.27. The molecule has 1 aliphatic rings. The molecule has 2 aromatic heterocycles. The summed E-state index contributed by atoms with van der Waals surface area (Å²) >= 11 is 0. The first-order chi connectivity index (χ1) is 14.6. The number of hydrogen-bond donors (Lipinski definition) is 2. The zero-order valence-corrected chi connectivity index (χ0v) is 15.7. The first-order valence-electron chi connectivity index (χ1n) is 9.19. The molecule has 3 aromatic rings. The van der Waals surface area contributed by atoms with E-state index in [1.807, 2.05) is 0 Å². The second kappa shape index (κ2) is 7.71. The minimum atomic E-state index is -4.75. The van der Waals surface area contributed by atoms with Gasteiger partial charge in [-0.05, 0) is 28.3 Å². The number of tetrazole rings is 1. The molecule has 1 saturated carbocycles. The third-order valence-corrected chi connectivity index (χ3v) is 5.13. The van der Waals surface area contributed by atoms with Crippen LogP contribution in [0.3, 0.4) is 0 Å². The molecular weight excluding hydrogens is 427 g/mol. The number of halogens is 5. The normalized spacial score (nSPS) is 19.3. The van der Waals surface area contributed by atoms with Gasteiger partial charge in [0.25, 0.3) is 0 Å². The summed E-state index contributed by atoms with van der Waals surface area (Å²) in [5.74, 6) is -5.56. The van der Waals surface area contributed by atoms with Crippen LogP contribution in [0, 0.1) is 5.92 Å². The van der Waals surface area contributed by atoms with Crippen molar-refractivity contribution in [3.8, 4) is 11.4 Å². The Morgan fingerprint density at radius 2 is 2.00 bits per heavy atom. The number of alkyl halides is 5. The third kappa shape index (κ3) is 4.54. The molecule has 13 heteroatoms. The number of anilines is 1. The second-order valence-corrected chi connectivity index (χ2v) is 7.27. The number of carbonyl (C=O) groups is 1. The molecule has 1 amide bonds. The van der Waals surface area contributed by atoms with E-state index in [-0.39, 0.29) is 12.8 Å². The first-order valence-corrected chi connectivity index (χ1v) is 9.19. The van der Waals surface area contributed by atoms with Gasteiger partial charge >= 0.3 is 6.18 Å². The first kappa shape index (κ1) is 20.9. The standard InChI is InChI=1S/C18H15F5N6O2/c19-17(20)6-5-11(8-17)14(9-1-3-10(4-2-9)15-25-28-29-26-15)16(30)24-13-7-12(27-31-13)18(21,22)23/h1-4,7,11,14H,5-6,8H2,(H,24,30)(H,25,26,28,29). The second-order valence-electron chi connectivity index (χ2n) is 7.27. The van der Waals surface area contributed by atoms with Crippen LogP contribution in [0.2, 0.25) is 0 Å². The summed E-state index contributed by atoms with van der Waals surface area (Å²) in [5.41, 5.74) is -0.279. The molecule has 2 atom stereocenters. The van der Waals surface area contributed by atoms with Crippen molar-refractivity contribution in [2.45, 2.75) is 37.3 Å². The summed E-state index contributed by atoms with van der Waals surface area (Å²) in [5, 5.41) is 18.4. The Kier molecular flexibility index (Phi) is 5.19. The summed E-state index contributed by atoms with van der Waals surface area (Å²) in [6.07, 6.45) is -5.54. The smallest absolute Gasteiger partial charge is 0.338 e. The summed E-state index contributed by atoms with van der Waals surface area (Å²) in [6.45, 7) is 0. The fraction of sp³-hybridized carbons (Fsp3) is 0.389. The van der Waals surface area contributed by atoms with Crippen LogP contribution in [0.5, 0.6) is 0 Å². The van der Waals surface area contributed by atoms with Gasteiger partial charge in [0.1, 0.15) is 0 Å². The molecule has 0 aliphatic heterocycles. The minimum Gasteiger partial charge on any atom is -0.338 e. The SMILES string of the molecule is O=C(Nc1cc(C(F)(F)F)no1)C(c1ccc(-c2nnn[nH]2)cc1)C1CCC(F)(F)C1. The molecule has 1 aliphatic carbocycles. The highest BCUT2D eigenvalue weighted by Gasteiger charge is 2.45. The van der Waals surface area contributed by atoms with Gasteiger partial charge in [0.15, 0.2) is 11.5 Å². The predicted molar refractivity (Wildman–Crippen MR) is 94.8 cm³/mol. The van der Waals surface area contributed by atoms with Crippen LogP contribution in [0.25, 0.3) is 11.4 Å². The molecule has 0 saturated heterocycles. The van der Waals surface area contributed by atoms with E-state index in [0.29, 0.717) is 23.0 Å². The number of aromatic amines is 1. The van der Waals surface area contributed by atoms with Crippen molar-refractivity contribution in [3.05, 3.63) is 41.6 Å². The number of H-pyrrole nitrogens is 1. The van der Waals surface area contributed by atoms with E-state index in [0.717, 1.165) is 0 Å². The summed E-state index contributed by atoms with van der Waals surface area (Å²) in [6, 6.07) is 6.90. The Labute approximate surface area is 171 Å². The number of amides is 1. The summed E-state index contributed by atoms with van der Waals surface area (Å²) < 4.78 is 70.3. The molecule has 1 fully saturated rings. The van der Waals surface area contributed by atoms with Crippen LogP contribution in [-0.2, 0) is 11.0 Å². The predicted octanol–water partition coefficient (Wildman–Crippen LogP) is 4.03. The molecular formula is C18H15F5N6O2. The number of rotatable bonds is 5. The van der Waals surface area contributed by atoms with Crippen molar-refractivity contribution in [3.63, 3.8) is 0 Å². The molecule has 0 bridgehead atoms. The number of nitrogens with zero attached hydrogens (tertiary/aromatic N) is 4. The molecule has 1 aromatic carbocycles. The van der Waals surface area contributed by atoms with Gasteiger partial charge in [-0.3, -0.25) is 10.1 Å². The molecule has 164 valence electrons. The highest BCUT2D eigenvalue weighted by atomic mass is 19.4. The maximum absolute atomic E-state index is 13.8. The maximum atomic E-state index is 13.8. The van der Waals surface area contributed by atoms with Gasteiger partial charge in [0, 0.05) is 24.5 Å². The van der Waals surface area contributed by atoms with Gasteiger partial charge in [-0.2, -0.15) is 13.2 Å². The lowest BCUT2D eigenvalue weighted by molar-refractivity contribution is -0.142. The van der Waals surface area contributed by atoms with Crippen LogP contribution in [0.1, 0.15) is 36.4 Å². The summed E-state index contributed by atoms with van der Waals surface area (Å²) in [7, 11) is 0. The van der Waals surface area contributed by atoms with Gasteiger partial charge in [0.05, 0.1) is 5.92 Å². The van der Waals surface area contributed by atoms with Gasteiger partial charge in [-0.1, -0.05) is 29.4 Å². The topological polar surface area (TPSA) is 110 Å². The van der Waals surface area contributed by atoms with Crippen LogP contribution in [-0.4, -0.2) is 37.6 Å². The third-order valence-electron chi connectivity index (χ3n) is 5.13. The largest absolute Gasteiger partial charge is 0.436 e. The number of nitrogens with one attached hydrogen (secondary N) is 2. The molecule has 2 unspecified atom stereocenters. The van der Waals surface area contributed by atoms with Crippen molar-refractivity contribution in [1.29, 1.82) is 0 Å². The fourth-order valence-electron chi connectivity index (χ4n) is 3.70. The van der Waals surface area contributed by atoms with E-state index in [4.69, 9.17) is 0 Å². The van der Waals surface area contributed by atoms with E-state index >= 15 is 0 Å². The minimum absolute atomic E-state index is 0.0864. The Bertz CT molecular complexity index is 1050. The molecule has 0 spiro atoms. The van der Waals surface area contributed by atoms with Gasteiger partial charge in [-0.15, -0.1) is 5.10 Å². The van der Waals surface area contributed by atoms with Crippen molar-refractivity contribution in [1.82, 2.24) is 25.8 Å². The average Bonchev–Trinajstić information content (AvgIpc) is 3.43. The van der Waals surface area contributed by atoms with Crippen molar-refractivity contribution in [2.24, 2.45) is 5.92 Å². The van der Waals surface area contributed by atoms with Crippen molar-refractivity contribution in [2.75, 3.05) is 5.32 Å². The Morgan fingerprint density at radius 3 is 2.55 bits per heavy atom. The zero-order valence-electron chi connectivity index (χ0n) is 15.7. The Morgan fingerprint density at radius 1 is 1.26 bits per heavy atom. The van der Waals surface area contributed by atoms with E-state index in [1.165, 1.54) is 0 Å². The van der Waals surface area contributed by atoms with Crippen LogP contribution < -0.4 is 5.32 Å².